The predicted octanol–water partition coefficient (Wildman–Crippen LogP) is 3.69. The summed E-state index contributed by atoms with van der Waals surface area (Å²) in [6, 6.07) is 0. The summed E-state index contributed by atoms with van der Waals surface area (Å²) >= 11 is 0. The summed E-state index contributed by atoms with van der Waals surface area (Å²) in [7, 11) is 0. The first-order chi connectivity index (χ1) is 8.52. The zero-order valence-electron chi connectivity index (χ0n) is 11.6. The van der Waals surface area contributed by atoms with Crippen LogP contribution in [-0.4, -0.2) is 22.5 Å². The van der Waals surface area contributed by atoms with Gasteiger partial charge in [0.25, 0.3) is 0 Å². The van der Waals surface area contributed by atoms with Crippen LogP contribution >= 0.6 is 0 Å². The standard InChI is InChI=1S/C14H20N4/c1-7-8-16-9-10(2)12(4)18-13(5)11(3)17-14(18)15-6/h8-9H,4,6-7H2,1-3,5H3/b10-9+,16-8?. The third kappa shape index (κ3) is 2.83. The molecule has 0 amide bonds. The Morgan fingerprint density at radius 3 is 2.67 bits per heavy atom. The van der Waals surface area contributed by atoms with E-state index in [-0.39, 0.29) is 0 Å². The van der Waals surface area contributed by atoms with Crippen molar-refractivity contribution in [1.29, 1.82) is 0 Å². The second kappa shape index (κ2) is 6.10. The van der Waals surface area contributed by atoms with E-state index >= 15 is 0 Å². The van der Waals surface area contributed by atoms with E-state index < -0.39 is 0 Å². The Morgan fingerprint density at radius 1 is 1.44 bits per heavy atom. The van der Waals surface area contributed by atoms with Crippen LogP contribution in [0.1, 0.15) is 31.7 Å². The van der Waals surface area contributed by atoms with Gasteiger partial charge in [0.05, 0.1) is 5.69 Å². The number of aliphatic imine (C=N–C) groups is 2. The summed E-state index contributed by atoms with van der Waals surface area (Å²) in [5.41, 5.74) is 3.76. The van der Waals surface area contributed by atoms with Crippen molar-refractivity contribution in [1.82, 2.24) is 9.55 Å². The molecular weight excluding hydrogens is 224 g/mol. The second-order valence-corrected chi connectivity index (χ2v) is 4.07. The highest BCUT2D eigenvalue weighted by Crippen LogP contribution is 2.25. The summed E-state index contributed by atoms with van der Waals surface area (Å²) in [6.07, 6.45) is 4.57. The molecule has 0 saturated carbocycles. The number of imidazole rings is 1. The Kier molecular flexibility index (Phi) is 4.77. The molecule has 4 nitrogen and oxygen atoms in total. The quantitative estimate of drug-likeness (QED) is 0.575. The largest absolute Gasteiger partial charge is 0.282 e. The van der Waals surface area contributed by atoms with Crippen molar-refractivity contribution < 1.29 is 0 Å². The van der Waals surface area contributed by atoms with Gasteiger partial charge in [0.2, 0.25) is 5.95 Å². The number of hydrogen-bond donors (Lipinski definition) is 0. The fraction of sp³-hybridized carbons (Fsp3) is 0.357. The van der Waals surface area contributed by atoms with Crippen LogP contribution in [0.15, 0.2) is 28.3 Å². The van der Waals surface area contributed by atoms with Gasteiger partial charge in [-0.2, -0.15) is 0 Å². The Morgan fingerprint density at radius 2 is 2.11 bits per heavy atom. The fourth-order valence-corrected chi connectivity index (χ4v) is 1.54. The van der Waals surface area contributed by atoms with Crippen LogP contribution in [0.4, 0.5) is 5.95 Å². The summed E-state index contributed by atoms with van der Waals surface area (Å²) in [5.74, 6) is 0.572. The van der Waals surface area contributed by atoms with E-state index in [9.17, 15) is 0 Å². The van der Waals surface area contributed by atoms with Gasteiger partial charge in [-0.25, -0.2) is 9.98 Å². The molecule has 0 bridgehead atoms. The zero-order chi connectivity index (χ0) is 13.7. The Labute approximate surface area is 108 Å². The number of aromatic nitrogens is 2. The molecule has 0 radical (unpaired) electrons. The van der Waals surface area contributed by atoms with Gasteiger partial charge in [0.15, 0.2) is 0 Å². The molecule has 0 fully saturated rings. The number of rotatable bonds is 5. The maximum Gasteiger partial charge on any atom is 0.234 e. The van der Waals surface area contributed by atoms with E-state index in [2.05, 4.69) is 28.3 Å². The molecule has 0 saturated heterocycles. The molecular formula is C14H20N4. The van der Waals surface area contributed by atoms with Gasteiger partial charge in [-0.05, 0) is 39.5 Å². The molecule has 96 valence electrons. The zero-order valence-corrected chi connectivity index (χ0v) is 11.6. The Bertz CT molecular complexity index is 518. The van der Waals surface area contributed by atoms with Crippen LogP contribution < -0.4 is 0 Å². The molecule has 0 aromatic carbocycles. The number of hydrogen-bond acceptors (Lipinski definition) is 3. The third-order valence-electron chi connectivity index (χ3n) is 2.75. The van der Waals surface area contributed by atoms with Gasteiger partial charge in [-0.3, -0.25) is 9.56 Å². The van der Waals surface area contributed by atoms with Gasteiger partial charge >= 0.3 is 0 Å². The van der Waals surface area contributed by atoms with Crippen molar-refractivity contribution >= 4 is 24.6 Å². The summed E-state index contributed by atoms with van der Waals surface area (Å²) < 4.78 is 1.90. The SMILES string of the molecule is C=Nc1nc(C)c(C)n1C(=C)/C(C)=C/N=CCC. The third-order valence-corrected chi connectivity index (χ3v) is 2.75. The number of allylic oxidation sites excluding steroid dienone is 2. The lowest BCUT2D eigenvalue weighted by Gasteiger charge is -2.10. The molecule has 1 aromatic rings. The fourth-order valence-electron chi connectivity index (χ4n) is 1.54. The summed E-state index contributed by atoms with van der Waals surface area (Å²) in [4.78, 5) is 12.5. The summed E-state index contributed by atoms with van der Waals surface area (Å²) in [6.45, 7) is 15.6. The lowest BCUT2D eigenvalue weighted by Crippen LogP contribution is -1.99. The average Bonchev–Trinajstić information content (AvgIpc) is 2.64. The highest BCUT2D eigenvalue weighted by molar-refractivity contribution is 5.67. The molecule has 0 unspecified atom stereocenters. The molecule has 0 N–H and O–H groups in total. The monoisotopic (exact) mass is 244 g/mol. The van der Waals surface area contributed by atoms with Gasteiger partial charge < -0.3 is 0 Å². The molecule has 1 aromatic heterocycles. The van der Waals surface area contributed by atoms with Gasteiger partial charge in [0.1, 0.15) is 0 Å². The Hall–Kier alpha value is -1.97. The first-order valence-corrected chi connectivity index (χ1v) is 5.93. The highest BCUT2D eigenvalue weighted by Gasteiger charge is 2.12. The molecule has 0 aliphatic rings. The van der Waals surface area contributed by atoms with Crippen molar-refractivity contribution in [3.8, 4) is 0 Å². The molecule has 0 aliphatic heterocycles. The molecule has 0 aliphatic carbocycles. The van der Waals surface area contributed by atoms with Crippen LogP contribution in [-0.2, 0) is 0 Å². The van der Waals surface area contributed by atoms with Crippen LogP contribution in [0, 0.1) is 13.8 Å². The molecule has 1 rings (SSSR count). The molecule has 4 heteroatoms. The molecule has 18 heavy (non-hydrogen) atoms. The highest BCUT2D eigenvalue weighted by atomic mass is 15.2. The maximum atomic E-state index is 4.34. The van der Waals surface area contributed by atoms with Gasteiger partial charge in [-0.15, -0.1) is 0 Å². The van der Waals surface area contributed by atoms with Crippen LogP contribution in [0.2, 0.25) is 0 Å². The van der Waals surface area contributed by atoms with E-state index in [1.807, 2.05) is 38.5 Å². The molecule has 1 heterocycles. The van der Waals surface area contributed by atoms with Crippen LogP contribution in [0.3, 0.4) is 0 Å². The van der Waals surface area contributed by atoms with Crippen molar-refractivity contribution in [3.63, 3.8) is 0 Å². The first-order valence-electron chi connectivity index (χ1n) is 5.93. The van der Waals surface area contributed by atoms with Crippen molar-refractivity contribution in [3.05, 3.63) is 29.7 Å². The molecule has 0 spiro atoms. The van der Waals surface area contributed by atoms with Gasteiger partial charge in [-0.1, -0.05) is 13.5 Å². The minimum Gasteiger partial charge on any atom is -0.282 e. The maximum absolute atomic E-state index is 4.34. The normalized spacial score (nSPS) is 12.1. The second-order valence-electron chi connectivity index (χ2n) is 4.07. The van der Waals surface area contributed by atoms with E-state index in [1.165, 1.54) is 0 Å². The lowest BCUT2D eigenvalue weighted by molar-refractivity contribution is 1.02. The van der Waals surface area contributed by atoms with Crippen LogP contribution in [0.25, 0.3) is 5.70 Å². The van der Waals surface area contributed by atoms with E-state index in [0.717, 1.165) is 29.1 Å². The minimum absolute atomic E-state index is 0.572. The predicted molar refractivity (Wildman–Crippen MR) is 78.8 cm³/mol. The number of aryl methyl sites for hydroxylation is 1. The van der Waals surface area contributed by atoms with E-state index in [1.54, 1.807) is 6.20 Å². The molecule has 0 atom stereocenters. The smallest absolute Gasteiger partial charge is 0.234 e. The first kappa shape index (κ1) is 14.1. The van der Waals surface area contributed by atoms with Crippen molar-refractivity contribution in [2.75, 3.05) is 0 Å². The minimum atomic E-state index is 0.572. The number of nitrogens with zero attached hydrogens (tertiary/aromatic N) is 4. The average molecular weight is 244 g/mol. The topological polar surface area (TPSA) is 42.5 Å². The van der Waals surface area contributed by atoms with E-state index in [4.69, 9.17) is 0 Å². The lowest BCUT2D eigenvalue weighted by atomic mass is 10.2. The van der Waals surface area contributed by atoms with E-state index in [0.29, 0.717) is 5.95 Å². The van der Waals surface area contributed by atoms with Crippen LogP contribution in [0.5, 0.6) is 0 Å². The summed E-state index contributed by atoms with van der Waals surface area (Å²) in [5, 5.41) is 0. The van der Waals surface area contributed by atoms with Crippen molar-refractivity contribution in [2.24, 2.45) is 9.98 Å². The van der Waals surface area contributed by atoms with Gasteiger partial charge in [0, 0.05) is 23.8 Å². The van der Waals surface area contributed by atoms with Crippen molar-refractivity contribution in [2.45, 2.75) is 34.1 Å². The Balaban J connectivity index is 3.14.